The number of hydrogen-bond donors (Lipinski definition) is 0. The first-order chi connectivity index (χ1) is 7.20. The Kier molecular flexibility index (Phi) is 3.09. The molecule has 1 heterocycles. The molecular formula is C9H6Cl2N2OS. The summed E-state index contributed by atoms with van der Waals surface area (Å²) in [6, 6.07) is 5.33. The lowest BCUT2D eigenvalue weighted by atomic mass is 10.2. The Morgan fingerprint density at radius 2 is 2.07 bits per heavy atom. The number of benzene rings is 1. The van der Waals surface area contributed by atoms with Crippen molar-refractivity contribution in [3.63, 3.8) is 0 Å². The third kappa shape index (κ3) is 2.22. The van der Waals surface area contributed by atoms with Gasteiger partial charge in [-0.1, -0.05) is 22.9 Å². The molecule has 0 radical (unpaired) electrons. The van der Waals surface area contributed by atoms with Crippen molar-refractivity contribution in [2.24, 2.45) is 0 Å². The van der Waals surface area contributed by atoms with Crippen LogP contribution < -0.4 is 4.74 Å². The number of nitrogens with zero attached hydrogens (tertiary/aromatic N) is 2. The zero-order valence-corrected chi connectivity index (χ0v) is 10.0. The average molecular weight is 261 g/mol. The van der Waals surface area contributed by atoms with Crippen molar-refractivity contribution in [3.8, 4) is 16.3 Å². The largest absolute Gasteiger partial charge is 0.496 e. The number of ether oxygens (including phenoxy) is 1. The van der Waals surface area contributed by atoms with Gasteiger partial charge in [-0.25, -0.2) is 0 Å². The van der Waals surface area contributed by atoms with Crippen LogP contribution in [0.15, 0.2) is 18.2 Å². The van der Waals surface area contributed by atoms with E-state index >= 15 is 0 Å². The monoisotopic (exact) mass is 260 g/mol. The molecule has 3 nitrogen and oxygen atoms in total. The minimum Gasteiger partial charge on any atom is -0.496 e. The molecule has 1 aromatic carbocycles. The molecule has 15 heavy (non-hydrogen) atoms. The fraction of sp³-hybridized carbons (Fsp3) is 0.111. The second kappa shape index (κ2) is 4.35. The summed E-state index contributed by atoms with van der Waals surface area (Å²) in [6.07, 6.45) is 0. The van der Waals surface area contributed by atoms with E-state index in [-0.39, 0.29) is 0 Å². The zero-order chi connectivity index (χ0) is 10.8. The summed E-state index contributed by atoms with van der Waals surface area (Å²) in [5, 5.41) is 9.01. The van der Waals surface area contributed by atoms with Gasteiger partial charge in [0.2, 0.25) is 4.47 Å². The third-order valence-corrected chi connectivity index (χ3v) is 3.08. The van der Waals surface area contributed by atoms with Gasteiger partial charge in [0.15, 0.2) is 5.01 Å². The quantitative estimate of drug-likeness (QED) is 0.829. The standard InChI is InChI=1S/C9H6Cl2N2OS/c1-14-7-4-5(10)2-3-6(7)8-12-13-9(11)15-8/h2-4H,1H3. The van der Waals surface area contributed by atoms with E-state index in [0.717, 1.165) is 5.56 Å². The van der Waals surface area contributed by atoms with Gasteiger partial charge in [0.1, 0.15) is 5.75 Å². The van der Waals surface area contributed by atoms with Crippen LogP contribution in [0.2, 0.25) is 9.49 Å². The van der Waals surface area contributed by atoms with Gasteiger partial charge >= 0.3 is 0 Å². The summed E-state index contributed by atoms with van der Waals surface area (Å²) in [7, 11) is 1.58. The number of methoxy groups -OCH3 is 1. The van der Waals surface area contributed by atoms with E-state index in [2.05, 4.69) is 10.2 Å². The Balaban J connectivity index is 2.52. The topological polar surface area (TPSA) is 35.0 Å². The van der Waals surface area contributed by atoms with Crippen LogP contribution >= 0.6 is 34.5 Å². The fourth-order valence-electron chi connectivity index (χ4n) is 1.16. The third-order valence-electron chi connectivity index (χ3n) is 1.79. The predicted octanol–water partition coefficient (Wildman–Crippen LogP) is 3.52. The van der Waals surface area contributed by atoms with Crippen molar-refractivity contribution in [3.05, 3.63) is 27.7 Å². The molecule has 0 bridgehead atoms. The fourth-order valence-corrected chi connectivity index (χ4v) is 2.18. The molecule has 0 saturated heterocycles. The smallest absolute Gasteiger partial charge is 0.207 e. The SMILES string of the molecule is COc1cc(Cl)ccc1-c1nnc(Cl)s1. The minimum absolute atomic E-state index is 0.405. The van der Waals surface area contributed by atoms with Gasteiger partial charge in [-0.2, -0.15) is 0 Å². The second-order valence-electron chi connectivity index (χ2n) is 2.70. The highest BCUT2D eigenvalue weighted by Crippen LogP contribution is 2.34. The zero-order valence-electron chi connectivity index (χ0n) is 7.70. The van der Waals surface area contributed by atoms with Crippen LogP contribution in [0, 0.1) is 0 Å². The first-order valence-electron chi connectivity index (χ1n) is 4.03. The summed E-state index contributed by atoms with van der Waals surface area (Å²) in [5.41, 5.74) is 0.839. The Hall–Kier alpha value is -0.840. The summed E-state index contributed by atoms with van der Waals surface area (Å²) in [5.74, 6) is 0.662. The van der Waals surface area contributed by atoms with E-state index in [1.165, 1.54) is 11.3 Å². The van der Waals surface area contributed by atoms with Crippen molar-refractivity contribution >= 4 is 34.5 Å². The van der Waals surface area contributed by atoms with E-state index in [1.54, 1.807) is 19.2 Å². The molecule has 0 aliphatic heterocycles. The number of halogens is 2. The normalized spacial score (nSPS) is 10.3. The molecule has 2 rings (SSSR count). The van der Waals surface area contributed by atoms with Gasteiger partial charge in [0, 0.05) is 5.02 Å². The molecule has 0 atom stereocenters. The Bertz CT molecular complexity index is 487. The van der Waals surface area contributed by atoms with Crippen LogP contribution in [0.25, 0.3) is 10.6 Å². The van der Waals surface area contributed by atoms with Crippen LogP contribution in [-0.4, -0.2) is 17.3 Å². The van der Waals surface area contributed by atoms with Crippen LogP contribution in [0.1, 0.15) is 0 Å². The second-order valence-corrected chi connectivity index (χ2v) is 4.70. The van der Waals surface area contributed by atoms with E-state index in [0.29, 0.717) is 20.2 Å². The summed E-state index contributed by atoms with van der Waals surface area (Å²) in [6.45, 7) is 0. The maximum atomic E-state index is 5.85. The minimum atomic E-state index is 0.405. The highest BCUT2D eigenvalue weighted by molar-refractivity contribution is 7.18. The van der Waals surface area contributed by atoms with Crippen molar-refractivity contribution in [1.82, 2.24) is 10.2 Å². The lowest BCUT2D eigenvalue weighted by Gasteiger charge is -2.05. The van der Waals surface area contributed by atoms with Gasteiger partial charge in [0.05, 0.1) is 12.7 Å². The van der Waals surface area contributed by atoms with Crippen molar-refractivity contribution in [2.75, 3.05) is 7.11 Å². The van der Waals surface area contributed by atoms with Crippen molar-refractivity contribution in [2.45, 2.75) is 0 Å². The Morgan fingerprint density at radius 3 is 2.67 bits per heavy atom. The van der Waals surface area contributed by atoms with E-state index in [9.17, 15) is 0 Å². The number of hydrogen-bond acceptors (Lipinski definition) is 4. The maximum absolute atomic E-state index is 5.85. The molecule has 0 spiro atoms. The van der Waals surface area contributed by atoms with E-state index in [1.807, 2.05) is 6.07 Å². The van der Waals surface area contributed by atoms with Crippen LogP contribution in [-0.2, 0) is 0 Å². The first kappa shape index (κ1) is 10.7. The van der Waals surface area contributed by atoms with Crippen molar-refractivity contribution in [1.29, 1.82) is 0 Å². The van der Waals surface area contributed by atoms with Crippen LogP contribution in [0.5, 0.6) is 5.75 Å². The Morgan fingerprint density at radius 1 is 1.27 bits per heavy atom. The summed E-state index contributed by atoms with van der Waals surface area (Å²) < 4.78 is 5.61. The number of aromatic nitrogens is 2. The lowest BCUT2D eigenvalue weighted by molar-refractivity contribution is 0.416. The van der Waals surface area contributed by atoms with Gasteiger partial charge in [-0.15, -0.1) is 10.2 Å². The predicted molar refractivity (Wildman–Crippen MR) is 61.9 cm³/mol. The molecule has 0 N–H and O–H groups in total. The molecule has 0 saturated carbocycles. The maximum Gasteiger partial charge on any atom is 0.207 e. The van der Waals surface area contributed by atoms with Gasteiger partial charge < -0.3 is 4.74 Å². The Labute approximate surface area is 101 Å². The summed E-state index contributed by atoms with van der Waals surface area (Å²) in [4.78, 5) is 0. The molecule has 2 aromatic rings. The molecule has 0 aliphatic carbocycles. The van der Waals surface area contributed by atoms with Gasteiger partial charge in [0.25, 0.3) is 0 Å². The van der Waals surface area contributed by atoms with Gasteiger partial charge in [-0.3, -0.25) is 0 Å². The molecule has 0 aliphatic rings. The van der Waals surface area contributed by atoms with Crippen LogP contribution in [0.3, 0.4) is 0 Å². The van der Waals surface area contributed by atoms with E-state index < -0.39 is 0 Å². The molecule has 6 heteroatoms. The summed E-state index contributed by atoms with van der Waals surface area (Å²) >= 11 is 12.9. The lowest BCUT2D eigenvalue weighted by Crippen LogP contribution is -1.87. The molecule has 78 valence electrons. The molecular weight excluding hydrogens is 255 g/mol. The number of rotatable bonds is 2. The first-order valence-corrected chi connectivity index (χ1v) is 5.61. The van der Waals surface area contributed by atoms with Gasteiger partial charge in [-0.05, 0) is 29.8 Å². The average Bonchev–Trinajstić information content (AvgIpc) is 2.64. The van der Waals surface area contributed by atoms with E-state index in [4.69, 9.17) is 27.9 Å². The van der Waals surface area contributed by atoms with Crippen molar-refractivity contribution < 1.29 is 4.74 Å². The molecule has 0 fully saturated rings. The molecule has 1 aromatic heterocycles. The highest BCUT2D eigenvalue weighted by atomic mass is 35.5. The molecule has 0 unspecified atom stereocenters. The van der Waals surface area contributed by atoms with Crippen LogP contribution in [0.4, 0.5) is 0 Å². The molecule has 0 amide bonds. The highest BCUT2D eigenvalue weighted by Gasteiger charge is 2.11.